The van der Waals surface area contributed by atoms with Gasteiger partial charge >= 0.3 is 6.16 Å². The van der Waals surface area contributed by atoms with Crippen LogP contribution in [0.2, 0.25) is 0 Å². The van der Waals surface area contributed by atoms with Crippen LogP contribution in [0.1, 0.15) is 46.0 Å². The first-order valence-electron chi connectivity index (χ1n) is 7.87. The fourth-order valence-corrected chi connectivity index (χ4v) is 1.75. The SMILES string of the molecule is CCCCN(CCCC)CCCN=C(N)N=C(N)N.O=C(O)O. The van der Waals surface area contributed by atoms with Crippen LogP contribution in [-0.4, -0.2) is 59.4 Å². The van der Waals surface area contributed by atoms with E-state index in [1.165, 1.54) is 38.8 Å². The van der Waals surface area contributed by atoms with E-state index < -0.39 is 6.16 Å². The molecule has 8 N–H and O–H groups in total. The lowest BCUT2D eigenvalue weighted by atomic mass is 10.2. The molecule has 0 atom stereocenters. The molecule has 0 bridgehead atoms. The van der Waals surface area contributed by atoms with Gasteiger partial charge in [0.2, 0.25) is 5.96 Å². The van der Waals surface area contributed by atoms with Crippen LogP contribution in [0.15, 0.2) is 9.98 Å². The minimum atomic E-state index is -1.83. The quantitative estimate of drug-likeness (QED) is 0.227. The molecule has 0 aliphatic carbocycles. The van der Waals surface area contributed by atoms with Crippen LogP contribution in [0.3, 0.4) is 0 Å². The van der Waals surface area contributed by atoms with Crippen molar-refractivity contribution in [3.63, 3.8) is 0 Å². The van der Waals surface area contributed by atoms with Crippen molar-refractivity contribution in [1.82, 2.24) is 4.90 Å². The van der Waals surface area contributed by atoms with Crippen molar-refractivity contribution in [2.24, 2.45) is 27.2 Å². The van der Waals surface area contributed by atoms with Crippen molar-refractivity contribution in [3.8, 4) is 0 Å². The maximum absolute atomic E-state index is 8.56. The van der Waals surface area contributed by atoms with Gasteiger partial charge in [-0.05, 0) is 38.9 Å². The van der Waals surface area contributed by atoms with Gasteiger partial charge in [0.15, 0.2) is 5.96 Å². The molecule has 0 unspecified atom stereocenters. The second-order valence-corrected chi connectivity index (χ2v) is 4.96. The summed E-state index contributed by atoms with van der Waals surface area (Å²) in [5.41, 5.74) is 16.0. The van der Waals surface area contributed by atoms with Crippen molar-refractivity contribution >= 4 is 18.1 Å². The van der Waals surface area contributed by atoms with Crippen LogP contribution in [0.25, 0.3) is 0 Å². The molecule has 0 aromatic rings. The average molecular weight is 332 g/mol. The monoisotopic (exact) mass is 332 g/mol. The van der Waals surface area contributed by atoms with Gasteiger partial charge in [0.25, 0.3) is 0 Å². The first-order valence-corrected chi connectivity index (χ1v) is 7.87. The van der Waals surface area contributed by atoms with Gasteiger partial charge in [-0.25, -0.2) is 4.79 Å². The molecule has 0 aromatic heterocycles. The molecule has 0 heterocycles. The number of hydrogen-bond acceptors (Lipinski definition) is 3. The summed E-state index contributed by atoms with van der Waals surface area (Å²) in [6, 6.07) is 0. The normalized spacial score (nSPS) is 10.8. The fraction of sp³-hybridized carbons (Fsp3) is 0.786. The van der Waals surface area contributed by atoms with Crippen molar-refractivity contribution in [1.29, 1.82) is 0 Å². The Kier molecular flexibility index (Phi) is 16.5. The number of nitrogens with two attached hydrogens (primary N) is 3. The largest absolute Gasteiger partial charge is 0.503 e. The minimum Gasteiger partial charge on any atom is -0.450 e. The Morgan fingerprint density at radius 1 is 0.957 bits per heavy atom. The van der Waals surface area contributed by atoms with Crippen molar-refractivity contribution < 1.29 is 15.0 Å². The zero-order valence-corrected chi connectivity index (χ0v) is 14.2. The predicted octanol–water partition coefficient (Wildman–Crippen LogP) is 1.09. The summed E-state index contributed by atoms with van der Waals surface area (Å²) in [5.74, 6) is 0.113. The van der Waals surface area contributed by atoms with E-state index in [0.29, 0.717) is 6.54 Å². The third-order valence-corrected chi connectivity index (χ3v) is 2.81. The minimum absolute atomic E-state index is 0.0474. The van der Waals surface area contributed by atoms with Crippen molar-refractivity contribution in [2.45, 2.75) is 46.0 Å². The smallest absolute Gasteiger partial charge is 0.450 e. The summed E-state index contributed by atoms with van der Waals surface area (Å²) in [7, 11) is 0. The predicted molar refractivity (Wildman–Crippen MR) is 93.8 cm³/mol. The highest BCUT2D eigenvalue weighted by Crippen LogP contribution is 2.00. The molecule has 9 nitrogen and oxygen atoms in total. The first-order chi connectivity index (χ1) is 10.8. The number of hydrogen-bond donors (Lipinski definition) is 5. The van der Waals surface area contributed by atoms with Gasteiger partial charge in [-0.3, -0.25) is 4.99 Å². The van der Waals surface area contributed by atoms with E-state index in [1.807, 2.05) is 0 Å². The Balaban J connectivity index is 0. The van der Waals surface area contributed by atoms with Crippen LogP contribution in [0.5, 0.6) is 0 Å². The number of aliphatic imine (C=N–C) groups is 2. The molecule has 23 heavy (non-hydrogen) atoms. The van der Waals surface area contributed by atoms with Gasteiger partial charge in [0, 0.05) is 6.54 Å². The lowest BCUT2D eigenvalue weighted by molar-refractivity contribution is 0.137. The highest BCUT2D eigenvalue weighted by atomic mass is 16.6. The number of nitrogens with zero attached hydrogens (tertiary/aromatic N) is 3. The van der Waals surface area contributed by atoms with E-state index in [4.69, 9.17) is 32.2 Å². The van der Waals surface area contributed by atoms with E-state index in [2.05, 4.69) is 28.7 Å². The molecule has 9 heteroatoms. The third-order valence-electron chi connectivity index (χ3n) is 2.81. The summed E-state index contributed by atoms with van der Waals surface area (Å²) in [6.07, 6.45) is 4.12. The maximum atomic E-state index is 8.56. The van der Waals surface area contributed by atoms with E-state index >= 15 is 0 Å². The van der Waals surface area contributed by atoms with Crippen molar-refractivity contribution in [3.05, 3.63) is 0 Å². The Morgan fingerprint density at radius 2 is 1.39 bits per heavy atom. The lowest BCUT2D eigenvalue weighted by Gasteiger charge is -2.21. The van der Waals surface area contributed by atoms with Crippen LogP contribution >= 0.6 is 0 Å². The van der Waals surface area contributed by atoms with E-state index in [-0.39, 0.29) is 11.9 Å². The molecule has 0 spiro atoms. The first kappa shape index (κ1) is 23.2. The van der Waals surface area contributed by atoms with Gasteiger partial charge in [-0.15, -0.1) is 0 Å². The van der Waals surface area contributed by atoms with Crippen LogP contribution in [-0.2, 0) is 0 Å². The van der Waals surface area contributed by atoms with Gasteiger partial charge in [0.1, 0.15) is 0 Å². The Labute approximate surface area is 138 Å². The summed E-state index contributed by atoms with van der Waals surface area (Å²) in [4.78, 5) is 18.9. The maximum Gasteiger partial charge on any atom is 0.503 e. The highest BCUT2D eigenvalue weighted by Gasteiger charge is 2.03. The topological polar surface area (TPSA) is 164 Å². The molecule has 0 fully saturated rings. The molecular formula is C14H32N6O3. The fourth-order valence-electron chi connectivity index (χ4n) is 1.75. The van der Waals surface area contributed by atoms with Crippen LogP contribution in [0, 0.1) is 0 Å². The lowest BCUT2D eigenvalue weighted by Crippen LogP contribution is -2.28. The van der Waals surface area contributed by atoms with Gasteiger partial charge in [-0.2, -0.15) is 4.99 Å². The molecule has 0 rings (SSSR count). The molecule has 0 aliphatic heterocycles. The molecule has 0 saturated heterocycles. The zero-order valence-electron chi connectivity index (χ0n) is 14.2. The zero-order chi connectivity index (χ0) is 18.1. The van der Waals surface area contributed by atoms with Crippen LogP contribution < -0.4 is 17.2 Å². The Bertz CT molecular complexity index is 344. The summed E-state index contributed by atoms with van der Waals surface area (Å²) in [6.45, 7) is 8.50. The van der Waals surface area contributed by atoms with Crippen molar-refractivity contribution in [2.75, 3.05) is 26.2 Å². The highest BCUT2D eigenvalue weighted by molar-refractivity contribution is 5.92. The number of carboxylic acid groups (broad SMARTS) is 2. The third kappa shape index (κ3) is 22.4. The van der Waals surface area contributed by atoms with E-state index in [9.17, 15) is 0 Å². The Hall–Kier alpha value is -2.03. The van der Waals surface area contributed by atoms with Crippen LogP contribution in [0.4, 0.5) is 4.79 Å². The molecular weight excluding hydrogens is 300 g/mol. The summed E-state index contributed by atoms with van der Waals surface area (Å²) in [5, 5.41) is 13.9. The van der Waals surface area contributed by atoms with Gasteiger partial charge in [-0.1, -0.05) is 26.7 Å². The standard InChI is InChI=1S/C13H30N6.CH2O3/c1-3-5-9-19(10-6-4-2)11-7-8-17-13(16)18-12(14)15;2-1(3)4/h3-11H2,1-2H3,(H6,14,15,16,17,18);(H2,2,3,4). The molecule has 0 aliphatic rings. The molecule has 0 aromatic carbocycles. The second-order valence-electron chi connectivity index (χ2n) is 4.96. The number of guanidine groups is 2. The summed E-state index contributed by atoms with van der Waals surface area (Å²) < 4.78 is 0. The summed E-state index contributed by atoms with van der Waals surface area (Å²) >= 11 is 0. The Morgan fingerprint density at radius 3 is 1.78 bits per heavy atom. The van der Waals surface area contributed by atoms with Gasteiger partial charge < -0.3 is 32.3 Å². The average Bonchev–Trinajstić information content (AvgIpc) is 2.44. The molecule has 0 amide bonds. The molecule has 136 valence electrons. The molecule has 0 saturated carbocycles. The van der Waals surface area contributed by atoms with Gasteiger partial charge in [0.05, 0.1) is 0 Å². The second kappa shape index (κ2) is 16.3. The van der Waals surface area contributed by atoms with E-state index in [0.717, 1.165) is 13.0 Å². The molecule has 0 radical (unpaired) electrons. The number of rotatable bonds is 10. The number of unbranched alkanes of at least 4 members (excludes halogenated alkanes) is 2. The number of carbonyl (C=O) groups is 1. The van der Waals surface area contributed by atoms with E-state index in [1.54, 1.807) is 0 Å².